The van der Waals surface area contributed by atoms with Gasteiger partial charge in [0.1, 0.15) is 5.78 Å². The number of ketones is 1. The summed E-state index contributed by atoms with van der Waals surface area (Å²) >= 11 is 0. The quantitative estimate of drug-likeness (QED) is 0.0885. The van der Waals surface area contributed by atoms with Gasteiger partial charge in [0.15, 0.2) is 0 Å². The summed E-state index contributed by atoms with van der Waals surface area (Å²) in [6, 6.07) is 0. The van der Waals surface area contributed by atoms with Crippen LogP contribution in [0.1, 0.15) is 175 Å². The van der Waals surface area contributed by atoms with E-state index >= 15 is 0 Å². The first kappa shape index (κ1) is 36.5. The molecule has 0 aromatic rings. The zero-order valence-corrected chi connectivity index (χ0v) is 29.9. The number of carboxylic acids is 1. The Kier molecular flexibility index (Phi) is 14.3. The lowest BCUT2D eigenvalue weighted by molar-refractivity contribution is -0.137. The molecule has 0 heterocycles. The van der Waals surface area contributed by atoms with E-state index in [1.165, 1.54) is 128 Å². The van der Waals surface area contributed by atoms with E-state index in [9.17, 15) is 14.7 Å². The van der Waals surface area contributed by atoms with Gasteiger partial charge in [0, 0.05) is 18.4 Å². The van der Waals surface area contributed by atoms with Crippen LogP contribution in [0.25, 0.3) is 0 Å². The number of Topliss-reactive ketones (excluding diaryl/α,β-unsaturated/α-hetero) is 1. The van der Waals surface area contributed by atoms with Crippen molar-refractivity contribution in [1.29, 1.82) is 0 Å². The van der Waals surface area contributed by atoms with E-state index in [1.54, 1.807) is 0 Å². The van der Waals surface area contributed by atoms with E-state index < -0.39 is 5.97 Å². The Hall–Kier alpha value is -1.38. The van der Waals surface area contributed by atoms with Crippen LogP contribution in [0, 0.1) is 52.3 Å². The van der Waals surface area contributed by atoms with Gasteiger partial charge in [0.05, 0.1) is 0 Å². The Balaban J connectivity index is 1.13. The lowest BCUT2D eigenvalue weighted by Crippen LogP contribution is -2.54. The van der Waals surface area contributed by atoms with Crippen molar-refractivity contribution in [3.05, 3.63) is 24.3 Å². The van der Waals surface area contributed by atoms with Crippen molar-refractivity contribution in [2.24, 2.45) is 52.3 Å². The van der Waals surface area contributed by atoms with Gasteiger partial charge in [-0.15, -0.1) is 0 Å². The van der Waals surface area contributed by atoms with Gasteiger partial charge < -0.3 is 5.11 Å². The van der Waals surface area contributed by atoms with Crippen LogP contribution in [0.15, 0.2) is 24.3 Å². The number of rotatable bonds is 19. The summed E-state index contributed by atoms with van der Waals surface area (Å²) in [5, 5.41) is 9.17. The van der Waals surface area contributed by atoms with Crippen LogP contribution in [-0.4, -0.2) is 16.9 Å². The molecule has 0 saturated heterocycles. The minimum atomic E-state index is -0.821. The van der Waals surface area contributed by atoms with Crippen molar-refractivity contribution in [1.82, 2.24) is 0 Å². The highest BCUT2D eigenvalue weighted by Crippen LogP contribution is 2.68. The molecule has 0 aromatic heterocycles. The van der Waals surface area contributed by atoms with Gasteiger partial charge in [0.2, 0.25) is 0 Å². The minimum Gasteiger partial charge on any atom is -0.478 e. The van der Waals surface area contributed by atoms with E-state index in [1.807, 2.05) is 6.08 Å². The fourth-order valence-corrected chi connectivity index (χ4v) is 11.4. The van der Waals surface area contributed by atoms with E-state index in [2.05, 4.69) is 39.8 Å². The topological polar surface area (TPSA) is 54.4 Å². The number of carbonyl (C=O) groups is 2. The molecule has 3 nitrogen and oxygen atoms in total. The monoisotopic (exact) mass is 623 g/mol. The lowest BCUT2D eigenvalue weighted by atomic mass is 9.44. The molecule has 256 valence electrons. The maximum absolute atomic E-state index is 13.3. The molecule has 0 aliphatic heterocycles. The summed E-state index contributed by atoms with van der Waals surface area (Å²) < 4.78 is 0. The fraction of sp³-hybridized carbons (Fsp3) is 0.857. The third-order valence-corrected chi connectivity index (χ3v) is 14.1. The highest BCUT2D eigenvalue weighted by molar-refractivity contribution is 5.81. The van der Waals surface area contributed by atoms with Crippen LogP contribution < -0.4 is 0 Å². The molecular weight excluding hydrogens is 552 g/mol. The van der Waals surface area contributed by atoms with Gasteiger partial charge in [-0.05, 0) is 136 Å². The fourth-order valence-electron chi connectivity index (χ4n) is 11.4. The zero-order chi connectivity index (χ0) is 32.3. The Morgan fingerprint density at radius 1 is 0.756 bits per heavy atom. The SMILES string of the molecule is CCCCCCCC/C=C\CCCCCCCC(=O)C1CC[C@@]2(C)C(CC[C@H]3[C@@H]4CC[C@H]([C@H](C)C=CC(=O)O)[C@@]4(C)CC[C@@H]32)C1. The highest BCUT2D eigenvalue weighted by atomic mass is 16.4. The maximum Gasteiger partial charge on any atom is 0.327 e. The molecule has 0 amide bonds. The lowest BCUT2D eigenvalue weighted by Gasteiger charge is -2.61. The molecular formula is C42H70O3. The summed E-state index contributed by atoms with van der Waals surface area (Å²) in [5.74, 6) is 4.19. The summed E-state index contributed by atoms with van der Waals surface area (Å²) in [6.07, 6.45) is 37.4. The first-order valence-electron chi connectivity index (χ1n) is 19.8. The Morgan fingerprint density at radius 2 is 1.38 bits per heavy atom. The van der Waals surface area contributed by atoms with Gasteiger partial charge in [-0.25, -0.2) is 4.79 Å². The number of unbranched alkanes of at least 4 members (excludes halogenated alkanes) is 11. The third kappa shape index (κ3) is 9.37. The predicted molar refractivity (Wildman–Crippen MR) is 189 cm³/mol. The van der Waals surface area contributed by atoms with E-state index in [4.69, 9.17) is 0 Å². The number of hydrogen-bond donors (Lipinski definition) is 1. The first-order chi connectivity index (χ1) is 21.7. The van der Waals surface area contributed by atoms with Crippen LogP contribution >= 0.6 is 0 Å². The smallest absolute Gasteiger partial charge is 0.327 e. The predicted octanol–water partition coefficient (Wildman–Crippen LogP) is 12.1. The first-order valence-corrected chi connectivity index (χ1v) is 19.8. The number of allylic oxidation sites excluding steroid dienone is 3. The van der Waals surface area contributed by atoms with Crippen molar-refractivity contribution < 1.29 is 14.7 Å². The molecule has 4 saturated carbocycles. The molecule has 3 heteroatoms. The largest absolute Gasteiger partial charge is 0.478 e. The summed E-state index contributed by atoms with van der Waals surface area (Å²) in [5.41, 5.74) is 0.765. The Morgan fingerprint density at radius 3 is 2.07 bits per heavy atom. The van der Waals surface area contributed by atoms with E-state index in [0.29, 0.717) is 34.4 Å². The number of fused-ring (bicyclic) bond motifs is 5. The van der Waals surface area contributed by atoms with Crippen LogP contribution in [-0.2, 0) is 9.59 Å². The van der Waals surface area contributed by atoms with Gasteiger partial charge in [-0.3, -0.25) is 4.79 Å². The molecule has 4 aliphatic rings. The molecule has 0 aromatic carbocycles. The molecule has 4 rings (SSSR count). The average Bonchev–Trinajstić information content (AvgIpc) is 3.38. The molecule has 0 radical (unpaired) electrons. The Labute approximate surface area is 277 Å². The summed E-state index contributed by atoms with van der Waals surface area (Å²) in [6.45, 7) is 9.70. The normalized spacial score (nSPS) is 35.3. The van der Waals surface area contributed by atoms with E-state index in [-0.39, 0.29) is 0 Å². The molecule has 9 atom stereocenters. The number of aliphatic carboxylic acids is 1. The third-order valence-electron chi connectivity index (χ3n) is 14.1. The molecule has 4 fully saturated rings. The van der Waals surface area contributed by atoms with E-state index in [0.717, 1.165) is 49.4 Å². The van der Waals surface area contributed by atoms with Gasteiger partial charge in [-0.1, -0.05) is 97.3 Å². The number of carbonyl (C=O) groups excluding carboxylic acids is 1. The van der Waals surface area contributed by atoms with Crippen LogP contribution in [0.4, 0.5) is 0 Å². The second kappa shape index (κ2) is 17.7. The highest BCUT2D eigenvalue weighted by Gasteiger charge is 2.60. The number of hydrogen-bond acceptors (Lipinski definition) is 2. The minimum absolute atomic E-state index is 0.322. The Bertz CT molecular complexity index is 980. The van der Waals surface area contributed by atoms with Crippen LogP contribution in [0.2, 0.25) is 0 Å². The second-order valence-electron chi connectivity index (χ2n) is 16.7. The van der Waals surface area contributed by atoms with Crippen molar-refractivity contribution in [3.63, 3.8) is 0 Å². The second-order valence-corrected chi connectivity index (χ2v) is 16.7. The standard InChI is InChI=1S/C42H70O3/c1-5-6-7-8-9-10-11-12-13-14-15-16-17-18-19-20-39(43)33-27-29-41(3)34(31-33)22-23-35-37-25-24-36(32(2)21-26-40(44)45)42(37,4)30-28-38(35)41/h12-13,21,26,32-38H,5-11,14-20,22-25,27-31H2,1-4H3,(H,44,45)/b13-12-,26-21?/t32-,33?,34?,35+,36-,37+,38+,41+,42-/m1/s1. The average molecular weight is 623 g/mol. The van der Waals surface area contributed by atoms with Crippen molar-refractivity contribution in [3.8, 4) is 0 Å². The molecule has 1 N–H and O–H groups in total. The zero-order valence-electron chi connectivity index (χ0n) is 29.9. The molecule has 0 spiro atoms. The molecule has 2 unspecified atom stereocenters. The van der Waals surface area contributed by atoms with Gasteiger partial charge >= 0.3 is 5.97 Å². The maximum atomic E-state index is 13.3. The van der Waals surface area contributed by atoms with Crippen molar-refractivity contribution >= 4 is 11.8 Å². The van der Waals surface area contributed by atoms with Crippen LogP contribution in [0.3, 0.4) is 0 Å². The molecule has 45 heavy (non-hydrogen) atoms. The summed E-state index contributed by atoms with van der Waals surface area (Å²) in [7, 11) is 0. The van der Waals surface area contributed by atoms with Crippen molar-refractivity contribution in [2.45, 2.75) is 175 Å². The van der Waals surface area contributed by atoms with Gasteiger partial charge in [-0.2, -0.15) is 0 Å². The van der Waals surface area contributed by atoms with Crippen LogP contribution in [0.5, 0.6) is 0 Å². The molecule has 4 aliphatic carbocycles. The molecule has 0 bridgehead atoms. The van der Waals surface area contributed by atoms with Gasteiger partial charge in [0.25, 0.3) is 0 Å². The number of carboxylic acid groups (broad SMARTS) is 1. The van der Waals surface area contributed by atoms with Crippen molar-refractivity contribution in [2.75, 3.05) is 0 Å². The summed E-state index contributed by atoms with van der Waals surface area (Å²) in [4.78, 5) is 24.5.